The number of amides is 1. The molecule has 5 aromatic rings. The lowest BCUT2D eigenvalue weighted by atomic mass is 9.99. The van der Waals surface area contributed by atoms with Crippen LogP contribution in [-0.2, 0) is 35.3 Å². The van der Waals surface area contributed by atoms with Gasteiger partial charge in [-0.05, 0) is 122 Å². The highest BCUT2D eigenvalue weighted by molar-refractivity contribution is 6.31. The number of aromatic nitrogens is 4. The van der Waals surface area contributed by atoms with Gasteiger partial charge in [0.2, 0.25) is 0 Å². The second-order valence-electron chi connectivity index (χ2n) is 16.2. The summed E-state index contributed by atoms with van der Waals surface area (Å²) in [4.78, 5) is 54.5. The van der Waals surface area contributed by atoms with E-state index >= 15 is 0 Å². The highest BCUT2D eigenvalue weighted by Crippen LogP contribution is 2.25. The average Bonchev–Trinajstić information content (AvgIpc) is 3.28. The Balaban J connectivity index is 0.00000374. The van der Waals surface area contributed by atoms with Crippen LogP contribution >= 0.6 is 36.4 Å². The molecule has 1 saturated heterocycles. The Bertz CT molecular complexity index is 2100. The van der Waals surface area contributed by atoms with E-state index in [9.17, 15) is 14.4 Å². The lowest BCUT2D eigenvalue weighted by Crippen LogP contribution is -3.00. The van der Waals surface area contributed by atoms with Crippen molar-refractivity contribution in [3.8, 4) is 11.5 Å². The van der Waals surface area contributed by atoms with Gasteiger partial charge in [0.1, 0.15) is 24.7 Å². The van der Waals surface area contributed by atoms with Crippen molar-refractivity contribution in [1.82, 2.24) is 25.3 Å². The molecule has 0 radical (unpaired) electrons. The summed E-state index contributed by atoms with van der Waals surface area (Å²) >= 11 is 6.09. The summed E-state index contributed by atoms with van der Waals surface area (Å²) in [5, 5.41) is 3.11. The summed E-state index contributed by atoms with van der Waals surface area (Å²) in [6, 6.07) is 23.9. The lowest BCUT2D eigenvalue weighted by Gasteiger charge is -2.45. The SMILES string of the molecule is Cl.Cl.Nc1nc(N)c(C(=O)N[C@H]2CCC[N+](CCCc3ccc(OCC(=O)CCCc4ccncc4)cc3)(CCCc3ccc(OCC(=O)CCCc4ccncc4)cc3)C2)nc1Cl.[Cl-]. The fourth-order valence-electron chi connectivity index (χ4n) is 8.11. The van der Waals surface area contributed by atoms with Crippen molar-refractivity contribution in [3.63, 3.8) is 0 Å². The first-order valence-electron chi connectivity index (χ1n) is 21.6. The zero-order valence-electron chi connectivity index (χ0n) is 36.5. The quantitative estimate of drug-likeness (QED) is 0.0719. The van der Waals surface area contributed by atoms with Crippen molar-refractivity contribution < 1.29 is 40.7 Å². The minimum Gasteiger partial charge on any atom is -1.00 e. The number of nitrogens with one attached hydrogen (secondary N) is 1. The largest absolute Gasteiger partial charge is 1.00 e. The molecule has 65 heavy (non-hydrogen) atoms. The monoisotopic (exact) mass is 968 g/mol. The van der Waals surface area contributed by atoms with Crippen LogP contribution in [-0.4, -0.2) is 87.3 Å². The van der Waals surface area contributed by atoms with Gasteiger partial charge in [-0.1, -0.05) is 35.9 Å². The minimum absolute atomic E-state index is 0. The zero-order chi connectivity index (χ0) is 43.6. The van der Waals surface area contributed by atoms with E-state index in [1.54, 1.807) is 24.8 Å². The third-order valence-electron chi connectivity index (χ3n) is 11.4. The summed E-state index contributed by atoms with van der Waals surface area (Å²) in [5.41, 5.74) is 16.5. The van der Waals surface area contributed by atoms with E-state index in [4.69, 9.17) is 32.5 Å². The normalized spacial score (nSPS) is 13.8. The summed E-state index contributed by atoms with van der Waals surface area (Å²) in [6.45, 7) is 3.79. The number of likely N-dealkylation sites (tertiary alicyclic amines) is 1. The number of hydrogen-bond acceptors (Lipinski definition) is 11. The molecular weight excluding hydrogens is 910 g/mol. The summed E-state index contributed by atoms with van der Waals surface area (Å²) in [7, 11) is 0. The van der Waals surface area contributed by atoms with Crippen LogP contribution in [0.5, 0.6) is 11.5 Å². The molecule has 5 N–H and O–H groups in total. The Hall–Kier alpha value is -5.05. The van der Waals surface area contributed by atoms with E-state index in [0.717, 1.165) is 94.9 Å². The van der Waals surface area contributed by atoms with E-state index in [1.165, 1.54) is 22.3 Å². The molecule has 17 heteroatoms. The Kier molecular flexibility index (Phi) is 23.5. The van der Waals surface area contributed by atoms with Crippen LogP contribution in [0.15, 0.2) is 97.6 Å². The number of carbonyl (C=O) groups is 3. The maximum absolute atomic E-state index is 13.4. The molecule has 2 aromatic carbocycles. The number of pyridine rings is 2. The Morgan fingerprint density at radius 1 is 0.646 bits per heavy atom. The standard InChI is InChI=1S/C48H57ClN8O5.3ClH/c49-45-47(51)56-46(50)44(55-45)48(60)54-39-10-5-31-57(32-39,29-3-8-35-13-17-42(18-14-35)61-33-40(58)11-1-6-37-21-25-52-26-22-37)30-4-9-36-15-19-43(20-16-36)62-34-41(59)12-2-7-38-23-27-53-28-24-38;;;/h13-28,39H,1-12,29-34H2,(H4-,50,51,54,56,60);3*1H/t39-;;;/m0.../s1. The van der Waals surface area contributed by atoms with Crippen LogP contribution in [0.3, 0.4) is 0 Å². The lowest BCUT2D eigenvalue weighted by molar-refractivity contribution is -0.933. The molecule has 1 aliphatic heterocycles. The molecule has 0 saturated carbocycles. The summed E-state index contributed by atoms with van der Waals surface area (Å²) < 4.78 is 12.5. The number of ketones is 2. The number of carbonyl (C=O) groups excluding carboxylic acids is 3. The van der Waals surface area contributed by atoms with Crippen molar-refractivity contribution >= 4 is 65.5 Å². The van der Waals surface area contributed by atoms with Crippen LogP contribution in [0, 0.1) is 0 Å². The number of anilines is 2. The van der Waals surface area contributed by atoms with Gasteiger partial charge < -0.3 is 43.1 Å². The molecule has 3 aromatic heterocycles. The molecule has 1 amide bonds. The number of Topliss-reactive ketones (excluding diaryl/α,β-unsaturated/α-hetero) is 2. The number of nitrogens with two attached hydrogens (primary N) is 2. The van der Waals surface area contributed by atoms with Gasteiger partial charge in [0.25, 0.3) is 5.91 Å². The van der Waals surface area contributed by atoms with Gasteiger partial charge in [0, 0.05) is 50.5 Å². The maximum Gasteiger partial charge on any atom is 0.274 e. The number of quaternary nitrogens is 1. The molecule has 0 aliphatic carbocycles. The number of nitrogens with zero attached hydrogens (tertiary/aromatic N) is 5. The topological polar surface area (TPSA) is 185 Å². The van der Waals surface area contributed by atoms with Crippen LogP contribution in [0.2, 0.25) is 5.15 Å². The smallest absolute Gasteiger partial charge is 0.274 e. The van der Waals surface area contributed by atoms with Crippen LogP contribution in [0.25, 0.3) is 0 Å². The molecule has 6 rings (SSSR count). The number of ether oxygens (including phenoxy) is 2. The van der Waals surface area contributed by atoms with Crippen molar-refractivity contribution in [2.24, 2.45) is 0 Å². The Morgan fingerprint density at radius 3 is 1.57 bits per heavy atom. The molecule has 0 unspecified atom stereocenters. The molecule has 0 bridgehead atoms. The van der Waals surface area contributed by atoms with E-state index < -0.39 is 5.91 Å². The predicted octanol–water partition coefficient (Wildman–Crippen LogP) is 4.85. The summed E-state index contributed by atoms with van der Waals surface area (Å²) in [6.07, 6.45) is 16.7. The van der Waals surface area contributed by atoms with Gasteiger partial charge in [0.05, 0.1) is 32.2 Å². The van der Waals surface area contributed by atoms with Crippen molar-refractivity contribution in [2.45, 2.75) is 83.1 Å². The Labute approximate surface area is 405 Å². The number of rotatable bonds is 24. The summed E-state index contributed by atoms with van der Waals surface area (Å²) in [5.74, 6) is 1.05. The molecule has 350 valence electrons. The number of hydrogen-bond donors (Lipinski definition) is 3. The second kappa shape index (κ2) is 28.1. The molecule has 1 aliphatic rings. The molecule has 1 atom stereocenters. The van der Waals surface area contributed by atoms with Gasteiger partial charge in [-0.25, -0.2) is 9.97 Å². The first-order chi connectivity index (χ1) is 30.1. The molecule has 0 spiro atoms. The fraction of sp³-hybridized carbons (Fsp3) is 0.396. The number of nitrogen functional groups attached to an aromatic ring is 2. The number of aryl methyl sites for hydroxylation is 4. The first-order valence-corrected chi connectivity index (χ1v) is 22.0. The average molecular weight is 971 g/mol. The van der Waals surface area contributed by atoms with E-state index in [0.29, 0.717) is 24.3 Å². The van der Waals surface area contributed by atoms with Crippen LogP contribution in [0.4, 0.5) is 11.6 Å². The first kappa shape index (κ1) is 54.3. The number of benzene rings is 2. The number of piperidine rings is 1. The molecule has 4 heterocycles. The molecule has 1 fully saturated rings. The number of halogens is 4. The third-order valence-corrected chi connectivity index (χ3v) is 11.7. The van der Waals surface area contributed by atoms with Crippen molar-refractivity contribution in [1.29, 1.82) is 0 Å². The van der Waals surface area contributed by atoms with Crippen LogP contribution in [0.1, 0.15) is 84.1 Å². The van der Waals surface area contributed by atoms with Gasteiger partial charge >= 0.3 is 0 Å². The van der Waals surface area contributed by atoms with Crippen molar-refractivity contribution in [3.05, 3.63) is 131 Å². The minimum atomic E-state index is -0.412. The van der Waals surface area contributed by atoms with Gasteiger partial charge in [-0.3, -0.25) is 24.4 Å². The Morgan fingerprint density at radius 2 is 1.09 bits per heavy atom. The predicted molar refractivity (Wildman–Crippen MR) is 255 cm³/mol. The third kappa shape index (κ3) is 18.0. The van der Waals surface area contributed by atoms with Gasteiger partial charge in [-0.15, -0.1) is 24.8 Å². The van der Waals surface area contributed by atoms with Gasteiger partial charge in [0.15, 0.2) is 34.0 Å². The van der Waals surface area contributed by atoms with E-state index in [1.807, 2.05) is 48.5 Å². The highest BCUT2D eigenvalue weighted by Gasteiger charge is 2.35. The van der Waals surface area contributed by atoms with Crippen LogP contribution < -0.4 is 38.7 Å². The van der Waals surface area contributed by atoms with Crippen molar-refractivity contribution in [2.75, 3.05) is 50.9 Å². The zero-order valence-corrected chi connectivity index (χ0v) is 39.7. The second-order valence-corrected chi connectivity index (χ2v) is 16.6. The molecular formula is C48H60Cl4N8O5. The van der Waals surface area contributed by atoms with Gasteiger partial charge in [-0.2, -0.15) is 0 Å². The van der Waals surface area contributed by atoms with E-state index in [2.05, 4.69) is 49.5 Å². The molecule has 13 nitrogen and oxygen atoms in total. The fourth-order valence-corrected chi connectivity index (χ4v) is 8.24. The highest BCUT2D eigenvalue weighted by atomic mass is 35.5. The maximum atomic E-state index is 13.4. The van der Waals surface area contributed by atoms with E-state index in [-0.39, 0.29) is 90.5 Å².